The van der Waals surface area contributed by atoms with E-state index >= 15 is 0 Å². The number of aromatic nitrogens is 4. The maximum atomic E-state index is 13.1. The summed E-state index contributed by atoms with van der Waals surface area (Å²) < 4.78 is 13.1. The molecule has 0 unspecified atom stereocenters. The molecule has 0 aliphatic carbocycles. The highest BCUT2D eigenvalue weighted by molar-refractivity contribution is 9.10. The van der Waals surface area contributed by atoms with E-state index < -0.39 is 0 Å². The molecular weight excluding hydrogens is 452 g/mol. The van der Waals surface area contributed by atoms with Crippen LogP contribution in [0.4, 0.5) is 0 Å². The van der Waals surface area contributed by atoms with Gasteiger partial charge in [-0.25, -0.2) is 4.68 Å². The van der Waals surface area contributed by atoms with Crippen LogP contribution in [-0.2, 0) is 6.54 Å². The molecule has 3 heterocycles. The van der Waals surface area contributed by atoms with Crippen molar-refractivity contribution >= 4 is 21.8 Å². The zero-order valence-corrected chi connectivity index (χ0v) is 17.7. The average molecular weight is 471 g/mol. The molecule has 2 aliphatic rings. The maximum Gasteiger partial charge on any atom is 0.255 e. The molecule has 3 aromatic rings. The van der Waals surface area contributed by atoms with Gasteiger partial charge in [0.05, 0.1) is 11.3 Å². The lowest BCUT2D eigenvalue weighted by Gasteiger charge is -2.35. The Labute approximate surface area is 181 Å². The summed E-state index contributed by atoms with van der Waals surface area (Å²) in [4.78, 5) is 17.4. The molecule has 0 saturated carbocycles. The van der Waals surface area contributed by atoms with Gasteiger partial charge in [0.2, 0.25) is 6.79 Å². The van der Waals surface area contributed by atoms with Crippen molar-refractivity contribution in [2.75, 3.05) is 33.0 Å². The van der Waals surface area contributed by atoms with E-state index in [9.17, 15) is 4.79 Å². The second kappa shape index (κ2) is 8.04. The summed E-state index contributed by atoms with van der Waals surface area (Å²) in [5.41, 5.74) is 2.52. The minimum absolute atomic E-state index is 0.000436. The Morgan fingerprint density at radius 1 is 1.03 bits per heavy atom. The van der Waals surface area contributed by atoms with E-state index in [1.54, 1.807) is 0 Å². The van der Waals surface area contributed by atoms with E-state index in [1.807, 2.05) is 35.2 Å². The fourth-order valence-electron chi connectivity index (χ4n) is 3.68. The highest BCUT2D eigenvalue weighted by Gasteiger charge is 2.24. The number of hydrogen-bond acceptors (Lipinski definition) is 7. The molecule has 1 fully saturated rings. The van der Waals surface area contributed by atoms with Crippen LogP contribution in [-0.4, -0.2) is 68.9 Å². The highest BCUT2D eigenvalue weighted by Crippen LogP contribution is 2.33. The quantitative estimate of drug-likeness (QED) is 0.576. The van der Waals surface area contributed by atoms with E-state index in [0.29, 0.717) is 18.7 Å². The summed E-state index contributed by atoms with van der Waals surface area (Å²) in [7, 11) is 0. The molecule has 154 valence electrons. The van der Waals surface area contributed by atoms with Gasteiger partial charge >= 0.3 is 0 Å². The summed E-state index contributed by atoms with van der Waals surface area (Å²) in [6.07, 6.45) is 1.51. The molecule has 0 bridgehead atoms. The summed E-state index contributed by atoms with van der Waals surface area (Å²) >= 11 is 3.50. The number of tetrazole rings is 1. The van der Waals surface area contributed by atoms with Gasteiger partial charge in [-0.1, -0.05) is 6.07 Å². The van der Waals surface area contributed by atoms with Crippen LogP contribution < -0.4 is 9.47 Å². The van der Waals surface area contributed by atoms with Crippen LogP contribution in [0, 0.1) is 0 Å². The molecule has 1 amide bonds. The standard InChI is InChI=1S/C20H19BrN6O3/c21-17-3-2-15(27-12-22-23-24-27)10-16(17)20(28)26-7-5-25(6-8-26)11-14-1-4-18-19(9-14)30-13-29-18/h1-4,9-10,12H,5-8,11,13H2. The Morgan fingerprint density at radius 3 is 2.67 bits per heavy atom. The number of fused-ring (bicyclic) bond motifs is 1. The summed E-state index contributed by atoms with van der Waals surface area (Å²) in [6.45, 7) is 4.06. The molecule has 0 radical (unpaired) electrons. The second-order valence-corrected chi connectivity index (χ2v) is 8.03. The van der Waals surface area contributed by atoms with Crippen LogP contribution in [0.1, 0.15) is 15.9 Å². The molecule has 0 N–H and O–H groups in total. The maximum absolute atomic E-state index is 13.1. The first-order valence-electron chi connectivity index (χ1n) is 9.60. The number of nitrogens with zero attached hydrogens (tertiary/aromatic N) is 6. The van der Waals surface area contributed by atoms with Crippen molar-refractivity contribution in [1.29, 1.82) is 0 Å². The Kier molecular flexibility index (Phi) is 5.09. The zero-order valence-electron chi connectivity index (χ0n) is 16.1. The van der Waals surface area contributed by atoms with Gasteiger partial charge < -0.3 is 14.4 Å². The van der Waals surface area contributed by atoms with E-state index in [0.717, 1.165) is 41.3 Å². The number of ether oxygens (including phenoxy) is 2. The lowest BCUT2D eigenvalue weighted by atomic mass is 10.1. The fourth-order valence-corrected chi connectivity index (χ4v) is 4.09. The van der Waals surface area contributed by atoms with Gasteiger partial charge in [-0.15, -0.1) is 5.10 Å². The Hall–Kier alpha value is -2.98. The predicted molar refractivity (Wildman–Crippen MR) is 111 cm³/mol. The third kappa shape index (κ3) is 3.75. The van der Waals surface area contributed by atoms with E-state index in [1.165, 1.54) is 16.6 Å². The van der Waals surface area contributed by atoms with Crippen LogP contribution in [0.2, 0.25) is 0 Å². The van der Waals surface area contributed by atoms with Gasteiger partial charge in [0.1, 0.15) is 6.33 Å². The molecule has 1 aromatic heterocycles. The molecule has 5 rings (SSSR count). The van der Waals surface area contributed by atoms with Crippen LogP contribution in [0.15, 0.2) is 47.2 Å². The van der Waals surface area contributed by atoms with Crippen molar-refractivity contribution in [3.05, 3.63) is 58.3 Å². The van der Waals surface area contributed by atoms with Crippen molar-refractivity contribution in [2.24, 2.45) is 0 Å². The molecule has 1 saturated heterocycles. The number of halogens is 1. The molecule has 2 aromatic carbocycles. The van der Waals surface area contributed by atoms with Gasteiger partial charge in [-0.3, -0.25) is 9.69 Å². The SMILES string of the molecule is O=C(c1cc(-n2cnnn2)ccc1Br)N1CCN(Cc2ccc3c(c2)OCO3)CC1. The minimum atomic E-state index is -0.000436. The molecule has 0 spiro atoms. The third-order valence-electron chi connectivity index (χ3n) is 5.30. The third-order valence-corrected chi connectivity index (χ3v) is 5.99. The van der Waals surface area contributed by atoms with Crippen molar-refractivity contribution in [3.8, 4) is 17.2 Å². The fraction of sp³-hybridized carbons (Fsp3) is 0.300. The number of hydrogen-bond donors (Lipinski definition) is 0. The van der Waals surface area contributed by atoms with Crippen LogP contribution in [0.5, 0.6) is 11.5 Å². The molecule has 10 heteroatoms. The van der Waals surface area contributed by atoms with E-state index in [4.69, 9.17) is 9.47 Å². The summed E-state index contributed by atoms with van der Waals surface area (Å²) in [6, 6.07) is 11.6. The molecular formula is C20H19BrN6O3. The average Bonchev–Trinajstić information content (AvgIpc) is 3.46. The Balaban J connectivity index is 1.23. The lowest BCUT2D eigenvalue weighted by Crippen LogP contribution is -2.48. The first kappa shape index (κ1) is 19.0. The van der Waals surface area contributed by atoms with Crippen molar-refractivity contribution in [1.82, 2.24) is 30.0 Å². The first-order valence-corrected chi connectivity index (χ1v) is 10.4. The summed E-state index contributed by atoms with van der Waals surface area (Å²) in [5, 5.41) is 11.2. The van der Waals surface area contributed by atoms with Crippen LogP contribution in [0.3, 0.4) is 0 Å². The smallest absolute Gasteiger partial charge is 0.255 e. The van der Waals surface area contributed by atoms with Gasteiger partial charge in [0.15, 0.2) is 11.5 Å². The van der Waals surface area contributed by atoms with Gasteiger partial charge in [0, 0.05) is 37.2 Å². The van der Waals surface area contributed by atoms with E-state index in [2.05, 4.69) is 42.4 Å². The first-order chi connectivity index (χ1) is 14.7. The number of carbonyl (C=O) groups excluding carboxylic acids is 1. The molecule has 30 heavy (non-hydrogen) atoms. The van der Waals surface area contributed by atoms with Gasteiger partial charge in [-0.2, -0.15) is 0 Å². The van der Waals surface area contributed by atoms with Crippen molar-refractivity contribution < 1.29 is 14.3 Å². The Morgan fingerprint density at radius 2 is 1.87 bits per heavy atom. The van der Waals surface area contributed by atoms with E-state index in [-0.39, 0.29) is 12.7 Å². The number of carbonyl (C=O) groups is 1. The molecule has 2 aliphatic heterocycles. The number of rotatable bonds is 4. The Bertz CT molecular complexity index is 1070. The minimum Gasteiger partial charge on any atom is -0.454 e. The number of amides is 1. The molecule has 9 nitrogen and oxygen atoms in total. The lowest BCUT2D eigenvalue weighted by molar-refractivity contribution is 0.0627. The topological polar surface area (TPSA) is 85.6 Å². The summed E-state index contributed by atoms with van der Waals surface area (Å²) in [5.74, 6) is 1.59. The normalized spacial score (nSPS) is 16.1. The van der Waals surface area contributed by atoms with Crippen molar-refractivity contribution in [2.45, 2.75) is 6.54 Å². The number of piperazine rings is 1. The highest BCUT2D eigenvalue weighted by atomic mass is 79.9. The van der Waals surface area contributed by atoms with Gasteiger partial charge in [-0.05, 0) is 62.3 Å². The second-order valence-electron chi connectivity index (χ2n) is 7.17. The largest absolute Gasteiger partial charge is 0.454 e. The zero-order chi connectivity index (χ0) is 20.5. The monoisotopic (exact) mass is 470 g/mol. The predicted octanol–water partition coefficient (Wildman–Crippen LogP) is 2.11. The van der Waals surface area contributed by atoms with Crippen molar-refractivity contribution in [3.63, 3.8) is 0 Å². The molecule has 0 atom stereocenters. The number of benzene rings is 2. The van der Waals surface area contributed by atoms with Gasteiger partial charge in [0.25, 0.3) is 5.91 Å². The van der Waals surface area contributed by atoms with Crippen LogP contribution >= 0.6 is 15.9 Å². The van der Waals surface area contributed by atoms with Crippen LogP contribution in [0.25, 0.3) is 5.69 Å².